The highest BCUT2D eigenvalue weighted by Crippen LogP contribution is 2.28. The summed E-state index contributed by atoms with van der Waals surface area (Å²) in [6.45, 7) is 7.83. The highest BCUT2D eigenvalue weighted by molar-refractivity contribution is 6.01. The molecule has 1 amide bonds. The molecule has 10 heteroatoms. The van der Waals surface area contributed by atoms with E-state index in [4.69, 9.17) is 19.4 Å². The van der Waals surface area contributed by atoms with Gasteiger partial charge in [0.15, 0.2) is 17.4 Å². The highest BCUT2D eigenvalue weighted by Gasteiger charge is 2.29. The van der Waals surface area contributed by atoms with Crippen LogP contribution < -0.4 is 9.64 Å². The topological polar surface area (TPSA) is 80.2 Å². The molecule has 214 valence electrons. The summed E-state index contributed by atoms with van der Waals surface area (Å²) >= 11 is 0. The first-order valence-electron chi connectivity index (χ1n) is 13.8. The van der Waals surface area contributed by atoms with Gasteiger partial charge in [0.05, 0.1) is 37.0 Å². The van der Waals surface area contributed by atoms with E-state index in [0.29, 0.717) is 62.6 Å². The largest absolute Gasteiger partial charge is 0.495 e. The number of piperidine rings is 1. The number of hydrogen-bond donors (Lipinski definition) is 0. The van der Waals surface area contributed by atoms with E-state index in [-0.39, 0.29) is 17.8 Å². The number of methoxy groups -OCH3 is 1. The third-order valence-electron chi connectivity index (χ3n) is 7.07. The van der Waals surface area contributed by atoms with Crippen LogP contribution in [0.2, 0.25) is 0 Å². The van der Waals surface area contributed by atoms with Crippen molar-refractivity contribution in [3.63, 3.8) is 0 Å². The third-order valence-corrected chi connectivity index (χ3v) is 7.07. The molecular formula is C30H37F2N5O3. The van der Waals surface area contributed by atoms with E-state index in [1.807, 2.05) is 19.1 Å². The van der Waals surface area contributed by atoms with Crippen LogP contribution in [-0.4, -0.2) is 59.3 Å². The first-order valence-corrected chi connectivity index (χ1v) is 13.8. The average Bonchev–Trinajstić information content (AvgIpc) is 2.95. The molecule has 3 heterocycles. The van der Waals surface area contributed by atoms with E-state index in [9.17, 15) is 13.6 Å². The fourth-order valence-electron chi connectivity index (χ4n) is 4.74. The Labute approximate surface area is 234 Å². The second kappa shape index (κ2) is 13.5. The summed E-state index contributed by atoms with van der Waals surface area (Å²) in [5, 5.41) is 0. The molecule has 8 nitrogen and oxygen atoms in total. The Kier molecular flexibility index (Phi) is 9.84. The number of hydrogen-bond acceptors (Lipinski definition) is 7. The van der Waals surface area contributed by atoms with Crippen molar-refractivity contribution >= 4 is 17.4 Å². The monoisotopic (exact) mass is 553 g/mol. The fourth-order valence-corrected chi connectivity index (χ4v) is 4.74. The number of benzene rings is 1. The Morgan fingerprint density at radius 1 is 1.15 bits per heavy atom. The molecule has 0 aliphatic carbocycles. The van der Waals surface area contributed by atoms with Gasteiger partial charge in [0, 0.05) is 51.9 Å². The summed E-state index contributed by atoms with van der Waals surface area (Å²) in [4.78, 5) is 30.6. The molecule has 2 aliphatic rings. The maximum atomic E-state index is 14.1. The number of halogens is 2. The molecule has 1 aromatic heterocycles. The molecule has 0 radical (unpaired) electrons. The van der Waals surface area contributed by atoms with Gasteiger partial charge in [0.2, 0.25) is 5.91 Å². The summed E-state index contributed by atoms with van der Waals surface area (Å²) in [6.07, 6.45) is 9.32. The van der Waals surface area contributed by atoms with E-state index in [1.165, 1.54) is 12.1 Å². The number of allylic oxidation sites excluding steroid dienone is 2. The van der Waals surface area contributed by atoms with Gasteiger partial charge in [0.25, 0.3) is 0 Å². The normalized spacial score (nSPS) is 16.9. The lowest BCUT2D eigenvalue weighted by molar-refractivity contribution is -0.129. The number of amides is 1. The number of carbonyl (C=O) groups excluding carboxylic acids is 1. The molecule has 1 saturated heterocycles. The molecule has 0 bridgehead atoms. The summed E-state index contributed by atoms with van der Waals surface area (Å²) in [6, 6.07) is 3.35. The van der Waals surface area contributed by atoms with Gasteiger partial charge in [-0.25, -0.2) is 18.7 Å². The number of unbranched alkanes of at least 4 members (excludes halogenated alkanes) is 1. The van der Waals surface area contributed by atoms with Gasteiger partial charge in [-0.05, 0) is 31.6 Å². The Balaban J connectivity index is 1.59. The van der Waals surface area contributed by atoms with Crippen LogP contribution in [0.3, 0.4) is 0 Å². The summed E-state index contributed by atoms with van der Waals surface area (Å²) in [5.74, 6) is 0.0944. The molecule has 40 heavy (non-hydrogen) atoms. The summed E-state index contributed by atoms with van der Waals surface area (Å²) in [5.41, 5.74) is 2.98. The van der Waals surface area contributed by atoms with Crippen LogP contribution in [0.15, 0.2) is 47.3 Å². The molecule has 2 aromatic rings. The van der Waals surface area contributed by atoms with Crippen LogP contribution in [0.1, 0.15) is 63.5 Å². The zero-order chi connectivity index (χ0) is 28.6. The van der Waals surface area contributed by atoms with Gasteiger partial charge in [-0.1, -0.05) is 19.4 Å². The van der Waals surface area contributed by atoms with Crippen LogP contribution in [0, 0.1) is 11.6 Å². The average molecular weight is 554 g/mol. The van der Waals surface area contributed by atoms with Crippen LogP contribution in [-0.2, 0) is 22.5 Å². The van der Waals surface area contributed by atoms with Crippen molar-refractivity contribution in [1.29, 1.82) is 0 Å². The zero-order valence-electron chi connectivity index (χ0n) is 23.6. The molecule has 2 aliphatic heterocycles. The van der Waals surface area contributed by atoms with Crippen LogP contribution >= 0.6 is 0 Å². The smallest absolute Gasteiger partial charge is 0.219 e. The van der Waals surface area contributed by atoms with Gasteiger partial charge in [0.1, 0.15) is 23.4 Å². The minimum Gasteiger partial charge on any atom is -0.495 e. The molecule has 1 fully saturated rings. The number of aromatic nitrogens is 2. The first kappa shape index (κ1) is 29.2. The maximum Gasteiger partial charge on any atom is 0.219 e. The van der Waals surface area contributed by atoms with Crippen molar-refractivity contribution in [3.05, 3.63) is 71.0 Å². The number of rotatable bonds is 9. The standard InChI is InChI=1S/C30H37F2N5O3/c1-5-6-7-8-24(39-4)18-33-20(2)29-30(35-26-13-16-37(21(3)38)19-27(26)34-29)36-14-11-23(12-15-36)40-28-10-9-22(31)17-25(28)32/h7-10,17-18,23H,5-6,11-16,19H2,1-4H3/b8-7+,24-18+,33-20?. The maximum absolute atomic E-state index is 14.1. The number of aliphatic imine (C=N–C) groups is 1. The van der Waals surface area contributed by atoms with Crippen LogP contribution in [0.5, 0.6) is 5.75 Å². The zero-order valence-corrected chi connectivity index (χ0v) is 23.6. The minimum absolute atomic E-state index is 0.00895. The van der Waals surface area contributed by atoms with E-state index < -0.39 is 11.6 Å². The van der Waals surface area contributed by atoms with E-state index >= 15 is 0 Å². The molecule has 1 aromatic carbocycles. The Morgan fingerprint density at radius 3 is 2.60 bits per heavy atom. The molecule has 0 atom stereocenters. The lowest BCUT2D eigenvalue weighted by Crippen LogP contribution is -2.41. The third kappa shape index (κ3) is 7.22. The van der Waals surface area contributed by atoms with Crippen molar-refractivity contribution in [2.45, 2.75) is 65.5 Å². The summed E-state index contributed by atoms with van der Waals surface area (Å²) < 4.78 is 38.7. The van der Waals surface area contributed by atoms with Crippen molar-refractivity contribution in [3.8, 4) is 5.75 Å². The Hall–Kier alpha value is -3.82. The second-order valence-corrected chi connectivity index (χ2v) is 10.00. The lowest BCUT2D eigenvalue weighted by Gasteiger charge is -2.35. The quantitative estimate of drug-likeness (QED) is 0.236. The number of anilines is 1. The number of nitrogens with zero attached hydrogens (tertiary/aromatic N) is 5. The Morgan fingerprint density at radius 2 is 1.93 bits per heavy atom. The van der Waals surface area contributed by atoms with Gasteiger partial charge in [-0.2, -0.15) is 0 Å². The fraction of sp³-hybridized carbons (Fsp3) is 0.467. The van der Waals surface area contributed by atoms with Crippen molar-refractivity contribution in [2.75, 3.05) is 31.6 Å². The highest BCUT2D eigenvalue weighted by atomic mass is 19.1. The molecule has 0 saturated carbocycles. The number of ether oxygens (including phenoxy) is 2. The van der Waals surface area contributed by atoms with E-state index in [1.54, 1.807) is 25.1 Å². The van der Waals surface area contributed by atoms with Gasteiger partial charge < -0.3 is 19.3 Å². The van der Waals surface area contributed by atoms with Crippen LogP contribution in [0.4, 0.5) is 14.6 Å². The van der Waals surface area contributed by atoms with Crippen molar-refractivity contribution in [1.82, 2.24) is 14.9 Å². The first-order chi connectivity index (χ1) is 19.3. The molecule has 0 spiro atoms. The predicted octanol–water partition coefficient (Wildman–Crippen LogP) is 5.36. The van der Waals surface area contributed by atoms with Gasteiger partial charge >= 0.3 is 0 Å². The SMILES string of the molecule is CCC/C=C/C(=C\N=C(C)c1nc2c(nc1N1CCC(Oc3ccc(F)cc3F)CC1)CCN(C(C)=O)C2)OC. The molecule has 4 rings (SSSR count). The molecule has 0 N–H and O–H groups in total. The van der Waals surface area contributed by atoms with Crippen molar-refractivity contribution in [2.24, 2.45) is 4.99 Å². The minimum atomic E-state index is -0.704. The molecular weight excluding hydrogens is 516 g/mol. The second-order valence-electron chi connectivity index (χ2n) is 10.00. The van der Waals surface area contributed by atoms with Gasteiger partial charge in [-0.3, -0.25) is 9.79 Å². The summed E-state index contributed by atoms with van der Waals surface area (Å²) in [7, 11) is 1.61. The van der Waals surface area contributed by atoms with E-state index in [2.05, 4.69) is 16.8 Å². The lowest BCUT2D eigenvalue weighted by atomic mass is 10.1. The van der Waals surface area contributed by atoms with Crippen molar-refractivity contribution < 1.29 is 23.0 Å². The number of carbonyl (C=O) groups is 1. The molecule has 0 unspecified atom stereocenters. The number of fused-ring (bicyclic) bond motifs is 1. The Bertz CT molecular complexity index is 1300. The van der Waals surface area contributed by atoms with Crippen LogP contribution in [0.25, 0.3) is 0 Å². The van der Waals surface area contributed by atoms with E-state index in [0.717, 1.165) is 36.1 Å². The van der Waals surface area contributed by atoms with Gasteiger partial charge in [-0.15, -0.1) is 0 Å². The predicted molar refractivity (Wildman–Crippen MR) is 150 cm³/mol.